The van der Waals surface area contributed by atoms with Crippen molar-refractivity contribution in [1.29, 1.82) is 0 Å². The van der Waals surface area contributed by atoms with E-state index in [1.807, 2.05) is 49.4 Å². The molecule has 3 amide bonds. The smallest absolute Gasteiger partial charge is 0.319 e. The molecule has 1 aliphatic heterocycles. The Hall–Kier alpha value is -3.02. The molecule has 1 heterocycles. The highest BCUT2D eigenvalue weighted by Gasteiger charge is 2.31. The molecule has 2 aromatic rings. The fourth-order valence-electron chi connectivity index (χ4n) is 2.93. The third kappa shape index (κ3) is 3.91. The number of methoxy groups -OCH3 is 1. The van der Waals surface area contributed by atoms with Crippen LogP contribution in [-0.4, -0.2) is 31.6 Å². The first-order valence-electron chi connectivity index (χ1n) is 8.14. The molecule has 3 rings (SSSR count). The summed E-state index contributed by atoms with van der Waals surface area (Å²) in [6.07, 6.45) is 0.285. The summed E-state index contributed by atoms with van der Waals surface area (Å²) in [4.78, 5) is 26.2. The first-order valence-corrected chi connectivity index (χ1v) is 8.14. The van der Waals surface area contributed by atoms with Crippen LogP contribution in [0, 0.1) is 6.92 Å². The van der Waals surface area contributed by atoms with Crippen LogP contribution in [0.4, 0.5) is 16.2 Å². The zero-order chi connectivity index (χ0) is 17.8. The van der Waals surface area contributed by atoms with Crippen LogP contribution in [0.25, 0.3) is 0 Å². The highest BCUT2D eigenvalue weighted by Crippen LogP contribution is 2.25. The maximum absolute atomic E-state index is 12.3. The number of carbonyl (C=O) groups excluding carboxylic acids is 2. The number of benzene rings is 2. The number of carbonyl (C=O) groups is 2. The van der Waals surface area contributed by atoms with Gasteiger partial charge >= 0.3 is 6.03 Å². The van der Waals surface area contributed by atoms with Crippen molar-refractivity contribution in [3.05, 3.63) is 54.1 Å². The number of anilines is 2. The number of ether oxygens (including phenoxy) is 1. The molecule has 0 aliphatic carbocycles. The second-order valence-electron chi connectivity index (χ2n) is 6.04. The van der Waals surface area contributed by atoms with Crippen LogP contribution in [0.1, 0.15) is 12.0 Å². The Labute approximate surface area is 146 Å². The van der Waals surface area contributed by atoms with E-state index in [2.05, 4.69) is 10.6 Å². The molecule has 0 radical (unpaired) electrons. The Bertz CT molecular complexity index is 777. The van der Waals surface area contributed by atoms with Crippen molar-refractivity contribution in [1.82, 2.24) is 5.32 Å². The standard InChI is InChI=1S/C19H21N3O3/c1-13-8-9-17(25-2)16(10-13)21-19(24)20-14-11-18(23)22(12-14)15-6-4-3-5-7-15/h3-10,14H,11-12H2,1-2H3,(H2,20,21,24)/t14-/m0/s1. The van der Waals surface area contributed by atoms with Gasteiger partial charge in [0, 0.05) is 18.7 Å². The lowest BCUT2D eigenvalue weighted by atomic mass is 10.2. The summed E-state index contributed by atoms with van der Waals surface area (Å²) in [6, 6.07) is 14.4. The van der Waals surface area contributed by atoms with E-state index < -0.39 is 0 Å². The van der Waals surface area contributed by atoms with Gasteiger partial charge in [0.1, 0.15) is 5.75 Å². The summed E-state index contributed by atoms with van der Waals surface area (Å²) in [6.45, 7) is 2.40. The number of hydrogen-bond acceptors (Lipinski definition) is 3. The summed E-state index contributed by atoms with van der Waals surface area (Å²) in [5.41, 5.74) is 2.46. The van der Waals surface area contributed by atoms with Crippen LogP contribution in [0.15, 0.2) is 48.5 Å². The lowest BCUT2D eigenvalue weighted by Crippen LogP contribution is -2.39. The molecule has 0 aromatic heterocycles. The van der Waals surface area contributed by atoms with Gasteiger partial charge in [-0.25, -0.2) is 4.79 Å². The van der Waals surface area contributed by atoms with Gasteiger partial charge in [0.05, 0.1) is 18.8 Å². The van der Waals surface area contributed by atoms with Crippen molar-refractivity contribution >= 4 is 23.3 Å². The van der Waals surface area contributed by atoms with E-state index in [0.717, 1.165) is 11.3 Å². The van der Waals surface area contributed by atoms with Gasteiger partial charge in [-0.2, -0.15) is 0 Å². The van der Waals surface area contributed by atoms with Gasteiger partial charge in [0.15, 0.2) is 0 Å². The van der Waals surface area contributed by atoms with E-state index in [4.69, 9.17) is 4.74 Å². The molecule has 1 saturated heterocycles. The first-order chi connectivity index (χ1) is 12.1. The molecular weight excluding hydrogens is 318 g/mol. The minimum absolute atomic E-state index is 0.00429. The number of nitrogens with zero attached hydrogens (tertiary/aromatic N) is 1. The first kappa shape index (κ1) is 16.8. The van der Waals surface area contributed by atoms with Gasteiger partial charge in [-0.3, -0.25) is 4.79 Å². The average molecular weight is 339 g/mol. The lowest BCUT2D eigenvalue weighted by Gasteiger charge is -2.18. The van der Waals surface area contributed by atoms with Gasteiger partial charge < -0.3 is 20.3 Å². The van der Waals surface area contributed by atoms with Crippen LogP contribution in [0.5, 0.6) is 5.75 Å². The molecule has 0 spiro atoms. The lowest BCUT2D eigenvalue weighted by molar-refractivity contribution is -0.117. The number of aryl methyl sites for hydroxylation is 1. The van der Waals surface area contributed by atoms with Crippen molar-refractivity contribution < 1.29 is 14.3 Å². The Morgan fingerprint density at radius 1 is 1.20 bits per heavy atom. The third-order valence-corrected chi connectivity index (χ3v) is 4.13. The summed E-state index contributed by atoms with van der Waals surface area (Å²) in [5, 5.41) is 5.65. The van der Waals surface area contributed by atoms with Crippen molar-refractivity contribution in [3.8, 4) is 5.75 Å². The topological polar surface area (TPSA) is 70.7 Å². The van der Waals surface area contributed by atoms with E-state index in [-0.39, 0.29) is 24.4 Å². The predicted molar refractivity (Wildman–Crippen MR) is 97.1 cm³/mol. The second-order valence-corrected chi connectivity index (χ2v) is 6.04. The Balaban J connectivity index is 1.63. The van der Waals surface area contributed by atoms with Crippen LogP contribution in [0.2, 0.25) is 0 Å². The fourth-order valence-corrected chi connectivity index (χ4v) is 2.93. The van der Waals surface area contributed by atoms with Crippen LogP contribution < -0.4 is 20.3 Å². The van der Waals surface area contributed by atoms with E-state index in [1.165, 1.54) is 0 Å². The number of para-hydroxylation sites is 1. The van der Waals surface area contributed by atoms with Crippen LogP contribution >= 0.6 is 0 Å². The molecule has 130 valence electrons. The number of hydrogen-bond donors (Lipinski definition) is 2. The number of nitrogens with one attached hydrogen (secondary N) is 2. The maximum Gasteiger partial charge on any atom is 0.319 e. The zero-order valence-electron chi connectivity index (χ0n) is 14.3. The molecule has 6 nitrogen and oxygen atoms in total. The molecule has 1 aliphatic rings. The summed E-state index contributed by atoms with van der Waals surface area (Å²) in [7, 11) is 1.56. The van der Waals surface area contributed by atoms with Crippen molar-refractivity contribution in [2.75, 3.05) is 23.9 Å². The maximum atomic E-state index is 12.3. The van der Waals surface area contributed by atoms with Crippen LogP contribution in [-0.2, 0) is 4.79 Å². The summed E-state index contributed by atoms with van der Waals surface area (Å²) in [5.74, 6) is 0.596. The van der Waals surface area contributed by atoms with Gasteiger partial charge in [-0.1, -0.05) is 24.3 Å². The molecule has 0 unspecified atom stereocenters. The van der Waals surface area contributed by atoms with Gasteiger partial charge in [0.25, 0.3) is 0 Å². The van der Waals surface area contributed by atoms with E-state index in [0.29, 0.717) is 18.0 Å². The molecule has 1 fully saturated rings. The molecule has 0 saturated carbocycles. The molecule has 25 heavy (non-hydrogen) atoms. The third-order valence-electron chi connectivity index (χ3n) is 4.13. The quantitative estimate of drug-likeness (QED) is 0.900. The van der Waals surface area contributed by atoms with Crippen molar-refractivity contribution in [2.24, 2.45) is 0 Å². The Morgan fingerprint density at radius 3 is 2.68 bits per heavy atom. The van der Waals surface area contributed by atoms with Crippen LogP contribution in [0.3, 0.4) is 0 Å². The average Bonchev–Trinajstić information content (AvgIpc) is 2.96. The van der Waals surface area contributed by atoms with E-state index in [9.17, 15) is 9.59 Å². The number of amides is 3. The van der Waals surface area contributed by atoms with Crippen molar-refractivity contribution in [3.63, 3.8) is 0 Å². The molecule has 1 atom stereocenters. The van der Waals surface area contributed by atoms with Gasteiger partial charge in [0.2, 0.25) is 5.91 Å². The zero-order valence-corrected chi connectivity index (χ0v) is 14.3. The molecule has 2 N–H and O–H groups in total. The highest BCUT2D eigenvalue weighted by atomic mass is 16.5. The minimum Gasteiger partial charge on any atom is -0.495 e. The monoisotopic (exact) mass is 339 g/mol. The van der Waals surface area contributed by atoms with E-state index in [1.54, 1.807) is 18.1 Å². The Kier molecular flexibility index (Phi) is 4.88. The minimum atomic E-state index is -0.350. The molecule has 2 aromatic carbocycles. The summed E-state index contributed by atoms with van der Waals surface area (Å²) < 4.78 is 5.26. The highest BCUT2D eigenvalue weighted by molar-refractivity contribution is 5.97. The number of urea groups is 1. The van der Waals surface area contributed by atoms with E-state index >= 15 is 0 Å². The van der Waals surface area contributed by atoms with Gasteiger partial charge in [-0.05, 0) is 36.8 Å². The molecular formula is C19H21N3O3. The predicted octanol–water partition coefficient (Wildman–Crippen LogP) is 2.93. The second kappa shape index (κ2) is 7.25. The largest absolute Gasteiger partial charge is 0.495 e. The molecule has 0 bridgehead atoms. The van der Waals surface area contributed by atoms with Crippen molar-refractivity contribution in [2.45, 2.75) is 19.4 Å². The van der Waals surface area contributed by atoms with Gasteiger partial charge in [-0.15, -0.1) is 0 Å². The Morgan fingerprint density at radius 2 is 1.96 bits per heavy atom. The SMILES string of the molecule is COc1ccc(C)cc1NC(=O)N[C@H]1CC(=O)N(c2ccccc2)C1. The number of rotatable bonds is 4. The molecule has 6 heteroatoms. The fraction of sp³-hybridized carbons (Fsp3) is 0.263. The normalized spacial score (nSPS) is 16.6. The summed E-state index contributed by atoms with van der Waals surface area (Å²) >= 11 is 0.